The van der Waals surface area contributed by atoms with Crippen LogP contribution in [0.15, 0.2) is 24.3 Å². The number of halogens is 1. The van der Waals surface area contributed by atoms with Crippen molar-refractivity contribution in [3.63, 3.8) is 0 Å². The fraction of sp³-hybridized carbons (Fsp3) is 0.462. The molecule has 2 rings (SSSR count). The third kappa shape index (κ3) is 2.96. The number of carboxylic acids is 1. The lowest BCUT2D eigenvalue weighted by Crippen LogP contribution is -2.26. The van der Waals surface area contributed by atoms with E-state index in [1.165, 1.54) is 0 Å². The lowest BCUT2D eigenvalue weighted by Gasteiger charge is -2.27. The van der Waals surface area contributed by atoms with E-state index in [4.69, 9.17) is 11.6 Å². The molecule has 1 aromatic carbocycles. The summed E-state index contributed by atoms with van der Waals surface area (Å²) in [5, 5.41) is 10.0. The number of carboxylic acid groups (broad SMARTS) is 1. The van der Waals surface area contributed by atoms with Crippen molar-refractivity contribution in [3.8, 4) is 0 Å². The number of rotatable bonds is 3. The molecule has 0 saturated carbocycles. The molecule has 0 aromatic heterocycles. The summed E-state index contributed by atoms with van der Waals surface area (Å²) in [5.74, 6) is 1.04. The first-order chi connectivity index (χ1) is 8.20. The molecule has 1 heterocycles. The predicted octanol–water partition coefficient (Wildman–Crippen LogP) is 3.65. The molecular formula is C13H15ClO2S. The Morgan fingerprint density at radius 2 is 2.24 bits per heavy atom. The maximum absolute atomic E-state index is 11.5. The lowest BCUT2D eigenvalue weighted by atomic mass is 9.84. The third-order valence-electron chi connectivity index (χ3n) is 3.17. The summed E-state index contributed by atoms with van der Waals surface area (Å²) in [6, 6.07) is 7.29. The average Bonchev–Trinajstić information content (AvgIpc) is 2.33. The summed E-state index contributed by atoms with van der Waals surface area (Å²) >= 11 is 7.96. The second kappa shape index (κ2) is 5.78. The zero-order valence-electron chi connectivity index (χ0n) is 9.43. The quantitative estimate of drug-likeness (QED) is 0.911. The number of aliphatic carboxylic acids is 1. The van der Waals surface area contributed by atoms with Gasteiger partial charge in [-0.05, 0) is 41.9 Å². The minimum atomic E-state index is -0.759. The van der Waals surface area contributed by atoms with Crippen molar-refractivity contribution in [1.29, 1.82) is 0 Å². The van der Waals surface area contributed by atoms with Gasteiger partial charge in [0.15, 0.2) is 0 Å². The molecule has 1 aliphatic rings. The molecule has 1 fully saturated rings. The smallest absolute Gasteiger partial charge is 0.311 e. The topological polar surface area (TPSA) is 37.3 Å². The van der Waals surface area contributed by atoms with Crippen LogP contribution in [-0.2, 0) is 4.79 Å². The minimum absolute atomic E-state index is 0.200. The van der Waals surface area contributed by atoms with Gasteiger partial charge in [0.2, 0.25) is 0 Å². The van der Waals surface area contributed by atoms with Crippen molar-refractivity contribution in [2.75, 3.05) is 11.5 Å². The van der Waals surface area contributed by atoms with Gasteiger partial charge in [-0.15, -0.1) is 0 Å². The van der Waals surface area contributed by atoms with Crippen molar-refractivity contribution in [1.82, 2.24) is 0 Å². The zero-order valence-corrected chi connectivity index (χ0v) is 11.0. The molecule has 1 saturated heterocycles. The van der Waals surface area contributed by atoms with Crippen LogP contribution >= 0.6 is 23.4 Å². The van der Waals surface area contributed by atoms with Crippen LogP contribution in [0.3, 0.4) is 0 Å². The fourth-order valence-electron chi connectivity index (χ4n) is 2.34. The number of carbonyl (C=O) groups is 1. The van der Waals surface area contributed by atoms with Crippen molar-refractivity contribution < 1.29 is 9.90 Å². The first kappa shape index (κ1) is 12.8. The van der Waals surface area contributed by atoms with Gasteiger partial charge >= 0.3 is 5.97 Å². The molecule has 0 amide bonds. The van der Waals surface area contributed by atoms with Gasteiger partial charge in [0, 0.05) is 5.02 Å². The number of benzene rings is 1. The zero-order chi connectivity index (χ0) is 12.3. The van der Waals surface area contributed by atoms with E-state index in [9.17, 15) is 9.90 Å². The summed E-state index contributed by atoms with van der Waals surface area (Å²) in [4.78, 5) is 11.5. The highest BCUT2D eigenvalue weighted by Crippen LogP contribution is 2.37. The van der Waals surface area contributed by atoms with E-state index in [1.807, 2.05) is 30.0 Å². The van der Waals surface area contributed by atoms with Crippen LogP contribution in [-0.4, -0.2) is 22.6 Å². The van der Waals surface area contributed by atoms with Crippen molar-refractivity contribution in [2.24, 2.45) is 5.92 Å². The normalized spacial score (nSPS) is 22.1. The van der Waals surface area contributed by atoms with Gasteiger partial charge in [0.25, 0.3) is 0 Å². The average molecular weight is 271 g/mol. The van der Waals surface area contributed by atoms with Crippen LogP contribution in [0.25, 0.3) is 0 Å². The van der Waals surface area contributed by atoms with Crippen LogP contribution in [0.4, 0.5) is 0 Å². The highest BCUT2D eigenvalue weighted by atomic mass is 35.5. The highest BCUT2D eigenvalue weighted by Gasteiger charge is 2.32. The summed E-state index contributed by atoms with van der Waals surface area (Å²) < 4.78 is 0. The van der Waals surface area contributed by atoms with Crippen molar-refractivity contribution in [2.45, 2.75) is 18.8 Å². The molecule has 2 nitrogen and oxygen atoms in total. The largest absolute Gasteiger partial charge is 0.481 e. The molecule has 4 heteroatoms. The van der Waals surface area contributed by atoms with Gasteiger partial charge in [-0.2, -0.15) is 11.8 Å². The first-order valence-corrected chi connectivity index (χ1v) is 7.28. The Hall–Kier alpha value is -0.670. The minimum Gasteiger partial charge on any atom is -0.481 e. The Kier molecular flexibility index (Phi) is 4.35. The molecule has 0 radical (unpaired) electrons. The summed E-state index contributed by atoms with van der Waals surface area (Å²) in [6.07, 6.45) is 2.08. The Morgan fingerprint density at radius 3 is 2.82 bits per heavy atom. The predicted molar refractivity (Wildman–Crippen MR) is 71.9 cm³/mol. The Morgan fingerprint density at radius 1 is 1.47 bits per heavy atom. The molecule has 1 N–H and O–H groups in total. The second-order valence-electron chi connectivity index (χ2n) is 4.31. The van der Waals surface area contributed by atoms with E-state index in [0.717, 1.165) is 29.9 Å². The fourth-order valence-corrected chi connectivity index (χ4v) is 3.80. The Labute approximate surface area is 110 Å². The molecule has 0 aliphatic carbocycles. The van der Waals surface area contributed by atoms with Crippen LogP contribution in [0.5, 0.6) is 0 Å². The van der Waals surface area contributed by atoms with E-state index < -0.39 is 11.9 Å². The molecular weight excluding hydrogens is 256 g/mol. The van der Waals surface area contributed by atoms with Crippen molar-refractivity contribution in [3.05, 3.63) is 34.9 Å². The molecule has 2 atom stereocenters. The molecule has 1 aliphatic heterocycles. The maximum Gasteiger partial charge on any atom is 0.311 e. The monoisotopic (exact) mass is 270 g/mol. The van der Waals surface area contributed by atoms with Gasteiger partial charge in [0.05, 0.1) is 5.92 Å². The SMILES string of the molecule is O=C(O)C(c1ccccc1Cl)C1CCCSC1. The van der Waals surface area contributed by atoms with Gasteiger partial charge in [0.1, 0.15) is 0 Å². The molecule has 1 aromatic rings. The molecule has 0 bridgehead atoms. The van der Waals surface area contributed by atoms with Gasteiger partial charge in [-0.3, -0.25) is 4.79 Å². The summed E-state index contributed by atoms with van der Waals surface area (Å²) in [5.41, 5.74) is 0.758. The number of thioether (sulfide) groups is 1. The Balaban J connectivity index is 2.28. The molecule has 92 valence electrons. The molecule has 2 unspecified atom stereocenters. The second-order valence-corrected chi connectivity index (χ2v) is 5.87. The highest BCUT2D eigenvalue weighted by molar-refractivity contribution is 7.99. The summed E-state index contributed by atoms with van der Waals surface area (Å²) in [7, 11) is 0. The van der Waals surface area contributed by atoms with E-state index >= 15 is 0 Å². The van der Waals surface area contributed by atoms with E-state index in [2.05, 4.69) is 0 Å². The standard InChI is InChI=1S/C13H15ClO2S/c14-11-6-2-1-5-10(11)12(13(15)16)9-4-3-7-17-8-9/h1-2,5-6,9,12H,3-4,7-8H2,(H,15,16). The third-order valence-corrected chi connectivity index (χ3v) is 4.76. The van der Waals surface area contributed by atoms with Gasteiger partial charge in [-0.25, -0.2) is 0 Å². The first-order valence-electron chi connectivity index (χ1n) is 5.75. The van der Waals surface area contributed by atoms with E-state index in [-0.39, 0.29) is 5.92 Å². The van der Waals surface area contributed by atoms with Crippen molar-refractivity contribution >= 4 is 29.3 Å². The van der Waals surface area contributed by atoms with Crippen LogP contribution < -0.4 is 0 Å². The lowest BCUT2D eigenvalue weighted by molar-refractivity contribution is -0.140. The Bertz CT molecular complexity index is 402. The van der Waals surface area contributed by atoms with Crippen LogP contribution in [0.2, 0.25) is 5.02 Å². The van der Waals surface area contributed by atoms with Gasteiger partial charge < -0.3 is 5.11 Å². The number of hydrogen-bond donors (Lipinski definition) is 1. The molecule has 17 heavy (non-hydrogen) atoms. The number of hydrogen-bond acceptors (Lipinski definition) is 2. The van der Waals surface area contributed by atoms with E-state index in [1.54, 1.807) is 6.07 Å². The van der Waals surface area contributed by atoms with Crippen LogP contribution in [0.1, 0.15) is 24.3 Å². The summed E-state index contributed by atoms with van der Waals surface area (Å²) in [6.45, 7) is 0. The van der Waals surface area contributed by atoms with Crippen LogP contribution in [0, 0.1) is 5.92 Å². The van der Waals surface area contributed by atoms with E-state index in [0.29, 0.717) is 5.02 Å². The maximum atomic E-state index is 11.5. The van der Waals surface area contributed by atoms with Gasteiger partial charge in [-0.1, -0.05) is 29.8 Å². The molecule has 0 spiro atoms.